The van der Waals surface area contributed by atoms with E-state index in [1.165, 1.54) is 0 Å². The molecule has 0 amide bonds. The third kappa shape index (κ3) is 4.44. The minimum atomic E-state index is -1.09. The number of ether oxygens (including phenoxy) is 1. The van der Waals surface area contributed by atoms with Crippen molar-refractivity contribution in [1.29, 1.82) is 5.26 Å². The molecule has 1 aromatic carbocycles. The zero-order valence-electron chi connectivity index (χ0n) is 16.3. The van der Waals surface area contributed by atoms with E-state index in [9.17, 15) is 5.26 Å². The quantitative estimate of drug-likeness (QED) is 0.577. The zero-order valence-corrected chi connectivity index (χ0v) is 17.3. The van der Waals surface area contributed by atoms with Crippen molar-refractivity contribution in [2.45, 2.75) is 32.4 Å². The molecular formula is C19H29N5OSi. The molecule has 0 bridgehead atoms. The fourth-order valence-corrected chi connectivity index (χ4v) is 3.90. The van der Waals surface area contributed by atoms with Crippen LogP contribution in [0, 0.1) is 11.3 Å². The molecule has 2 heterocycles. The van der Waals surface area contributed by atoms with Gasteiger partial charge in [0.15, 0.2) is 0 Å². The molecule has 1 aliphatic heterocycles. The van der Waals surface area contributed by atoms with Gasteiger partial charge in [0.05, 0.1) is 29.2 Å². The van der Waals surface area contributed by atoms with Crippen molar-refractivity contribution in [2.75, 3.05) is 44.7 Å². The highest BCUT2D eigenvalue weighted by Gasteiger charge is 2.19. The monoisotopic (exact) mass is 371 g/mol. The first-order chi connectivity index (χ1) is 12.4. The molecule has 0 radical (unpaired) electrons. The maximum Gasteiger partial charge on any atom is 0.124 e. The summed E-state index contributed by atoms with van der Waals surface area (Å²) in [6, 6.07) is 7.34. The van der Waals surface area contributed by atoms with Gasteiger partial charge in [-0.15, -0.1) is 0 Å². The molecule has 0 saturated carbocycles. The molecule has 0 aliphatic carbocycles. The number of likely N-dealkylation sites (N-methyl/N-ethyl adjacent to an activating group) is 1. The topological polar surface area (TPSA) is 57.3 Å². The van der Waals surface area contributed by atoms with E-state index in [2.05, 4.69) is 47.5 Å². The SMILES string of the molecule is CN1CCN(c2cc(C#N)cc3c2ncn3COCC[Si](C)(C)C)CC1. The number of hydrogen-bond acceptors (Lipinski definition) is 5. The summed E-state index contributed by atoms with van der Waals surface area (Å²) in [5.74, 6) is 0. The highest BCUT2D eigenvalue weighted by atomic mass is 28.3. The molecule has 140 valence electrons. The molecule has 0 spiro atoms. The molecule has 1 aromatic heterocycles. The number of nitriles is 1. The standard InChI is InChI=1S/C19H29N5OSi/c1-22-5-7-23(8-6-22)17-11-16(13-20)12-18-19(17)21-14-24(18)15-25-9-10-26(2,3)4/h11-12,14H,5-10,15H2,1-4H3. The van der Waals surface area contributed by atoms with Crippen molar-refractivity contribution in [2.24, 2.45) is 0 Å². The Hall–Kier alpha value is -1.88. The number of piperazine rings is 1. The maximum atomic E-state index is 9.46. The van der Waals surface area contributed by atoms with E-state index in [4.69, 9.17) is 4.74 Å². The second-order valence-electron chi connectivity index (χ2n) is 8.33. The van der Waals surface area contributed by atoms with Gasteiger partial charge in [-0.05, 0) is 25.2 Å². The van der Waals surface area contributed by atoms with E-state index in [0.717, 1.165) is 55.6 Å². The number of rotatable bonds is 6. The molecule has 2 aromatic rings. The number of fused-ring (bicyclic) bond motifs is 1. The van der Waals surface area contributed by atoms with Gasteiger partial charge in [-0.3, -0.25) is 0 Å². The largest absolute Gasteiger partial charge is 0.367 e. The number of benzene rings is 1. The number of aromatic nitrogens is 2. The molecule has 0 unspecified atom stereocenters. The fourth-order valence-electron chi connectivity index (χ4n) is 3.14. The van der Waals surface area contributed by atoms with Crippen molar-refractivity contribution < 1.29 is 4.74 Å². The molecule has 0 N–H and O–H groups in total. The Labute approximate surface area is 157 Å². The molecule has 1 saturated heterocycles. The Balaban J connectivity index is 1.81. The third-order valence-electron chi connectivity index (χ3n) is 4.91. The first kappa shape index (κ1) is 18.9. The van der Waals surface area contributed by atoms with Crippen LogP contribution in [0.15, 0.2) is 18.5 Å². The Kier molecular flexibility index (Phi) is 5.66. The molecule has 1 fully saturated rings. The van der Waals surface area contributed by atoms with Gasteiger partial charge < -0.3 is 19.1 Å². The second kappa shape index (κ2) is 7.78. The van der Waals surface area contributed by atoms with Crippen LogP contribution < -0.4 is 4.90 Å². The minimum Gasteiger partial charge on any atom is -0.367 e. The van der Waals surface area contributed by atoms with E-state index < -0.39 is 8.07 Å². The normalized spacial score (nSPS) is 16.2. The zero-order chi connectivity index (χ0) is 18.7. The third-order valence-corrected chi connectivity index (χ3v) is 6.61. The van der Waals surface area contributed by atoms with E-state index in [0.29, 0.717) is 12.3 Å². The molecule has 1 aliphatic rings. The van der Waals surface area contributed by atoms with Gasteiger partial charge in [0.2, 0.25) is 0 Å². The van der Waals surface area contributed by atoms with Crippen LogP contribution >= 0.6 is 0 Å². The van der Waals surface area contributed by atoms with Gasteiger partial charge in [-0.25, -0.2) is 4.98 Å². The van der Waals surface area contributed by atoms with Crippen molar-refractivity contribution in [3.8, 4) is 6.07 Å². The van der Waals surface area contributed by atoms with Crippen molar-refractivity contribution in [1.82, 2.24) is 14.5 Å². The summed E-state index contributed by atoms with van der Waals surface area (Å²) in [4.78, 5) is 9.31. The van der Waals surface area contributed by atoms with Crippen LogP contribution in [0.25, 0.3) is 11.0 Å². The van der Waals surface area contributed by atoms with Gasteiger partial charge in [0.1, 0.15) is 12.2 Å². The highest BCUT2D eigenvalue weighted by Crippen LogP contribution is 2.28. The lowest BCUT2D eigenvalue weighted by molar-refractivity contribution is 0.0898. The summed E-state index contributed by atoms with van der Waals surface area (Å²) in [7, 11) is 1.06. The summed E-state index contributed by atoms with van der Waals surface area (Å²) >= 11 is 0. The second-order valence-corrected chi connectivity index (χ2v) is 13.9. The van der Waals surface area contributed by atoms with Gasteiger partial charge in [0, 0.05) is 40.9 Å². The predicted molar refractivity (Wildman–Crippen MR) is 108 cm³/mol. The Morgan fingerprint density at radius 2 is 1.92 bits per heavy atom. The first-order valence-electron chi connectivity index (χ1n) is 9.27. The van der Waals surface area contributed by atoms with Crippen molar-refractivity contribution in [3.05, 3.63) is 24.0 Å². The van der Waals surface area contributed by atoms with Crippen LogP contribution in [0.5, 0.6) is 0 Å². The Morgan fingerprint density at radius 1 is 1.19 bits per heavy atom. The molecule has 3 rings (SSSR count). The Bertz CT molecular complexity index is 797. The number of imidazole rings is 1. The van der Waals surface area contributed by atoms with Crippen molar-refractivity contribution in [3.63, 3.8) is 0 Å². The number of nitrogens with zero attached hydrogens (tertiary/aromatic N) is 5. The van der Waals surface area contributed by atoms with E-state index in [1.54, 1.807) is 0 Å². The summed E-state index contributed by atoms with van der Waals surface area (Å²) in [6.07, 6.45) is 1.83. The van der Waals surface area contributed by atoms with Crippen molar-refractivity contribution >= 4 is 24.8 Å². The molecular weight excluding hydrogens is 342 g/mol. The fraction of sp³-hybridized carbons (Fsp3) is 0.579. The smallest absolute Gasteiger partial charge is 0.124 e. The lowest BCUT2D eigenvalue weighted by Gasteiger charge is -2.34. The molecule has 0 atom stereocenters. The van der Waals surface area contributed by atoms with Crippen LogP contribution in [0.2, 0.25) is 25.7 Å². The summed E-state index contributed by atoms with van der Waals surface area (Å²) in [5, 5.41) is 9.46. The summed E-state index contributed by atoms with van der Waals surface area (Å²) in [5.41, 5.74) is 3.68. The van der Waals surface area contributed by atoms with E-state index in [1.807, 2.05) is 23.0 Å². The average molecular weight is 372 g/mol. The first-order valence-corrected chi connectivity index (χ1v) is 13.0. The van der Waals surface area contributed by atoms with Gasteiger partial charge in [-0.1, -0.05) is 19.6 Å². The van der Waals surface area contributed by atoms with Crippen LogP contribution in [-0.2, 0) is 11.5 Å². The van der Waals surface area contributed by atoms with E-state index in [-0.39, 0.29) is 0 Å². The minimum absolute atomic E-state index is 0.484. The molecule has 6 nitrogen and oxygen atoms in total. The lowest BCUT2D eigenvalue weighted by Crippen LogP contribution is -2.44. The van der Waals surface area contributed by atoms with Crippen LogP contribution in [-0.4, -0.2) is 62.4 Å². The Morgan fingerprint density at radius 3 is 2.58 bits per heavy atom. The van der Waals surface area contributed by atoms with Crippen LogP contribution in [0.4, 0.5) is 5.69 Å². The molecule has 26 heavy (non-hydrogen) atoms. The summed E-state index contributed by atoms with van der Waals surface area (Å²) < 4.78 is 7.90. The highest BCUT2D eigenvalue weighted by molar-refractivity contribution is 6.76. The lowest BCUT2D eigenvalue weighted by atomic mass is 10.1. The number of hydrogen-bond donors (Lipinski definition) is 0. The maximum absolute atomic E-state index is 9.46. The van der Waals surface area contributed by atoms with Crippen LogP contribution in [0.3, 0.4) is 0 Å². The predicted octanol–water partition coefficient (Wildman–Crippen LogP) is 2.97. The molecule has 7 heteroatoms. The number of anilines is 1. The van der Waals surface area contributed by atoms with Crippen LogP contribution in [0.1, 0.15) is 5.56 Å². The summed E-state index contributed by atoms with van der Waals surface area (Å²) in [6.45, 7) is 12.3. The van der Waals surface area contributed by atoms with Gasteiger partial charge in [-0.2, -0.15) is 5.26 Å². The van der Waals surface area contributed by atoms with Gasteiger partial charge in [0.25, 0.3) is 0 Å². The average Bonchev–Trinajstić information content (AvgIpc) is 3.01. The van der Waals surface area contributed by atoms with Gasteiger partial charge >= 0.3 is 0 Å². The van der Waals surface area contributed by atoms with E-state index >= 15 is 0 Å².